The van der Waals surface area contributed by atoms with Gasteiger partial charge in [-0.2, -0.15) is 5.10 Å². The summed E-state index contributed by atoms with van der Waals surface area (Å²) >= 11 is 0. The van der Waals surface area contributed by atoms with Crippen LogP contribution in [-0.2, 0) is 11.3 Å². The molecule has 2 aliphatic heterocycles. The predicted molar refractivity (Wildman–Crippen MR) is 111 cm³/mol. The quantitative estimate of drug-likeness (QED) is 0.773. The summed E-state index contributed by atoms with van der Waals surface area (Å²) in [6.07, 6.45) is 6.93. The number of nitrogens with zero attached hydrogens (tertiary/aromatic N) is 5. The van der Waals surface area contributed by atoms with E-state index in [9.17, 15) is 9.59 Å². The van der Waals surface area contributed by atoms with Crippen LogP contribution in [0.5, 0.6) is 0 Å². The molecule has 0 saturated carbocycles. The minimum absolute atomic E-state index is 0.0197. The van der Waals surface area contributed by atoms with E-state index in [1.165, 1.54) is 6.42 Å². The molecule has 2 aromatic rings. The second-order valence-electron chi connectivity index (χ2n) is 7.92. The molecular formula is C22H29N5O2. The van der Waals surface area contributed by atoms with Crippen LogP contribution in [0, 0.1) is 0 Å². The molecule has 0 bridgehead atoms. The summed E-state index contributed by atoms with van der Waals surface area (Å²) in [5, 5.41) is 4.34. The molecule has 0 N–H and O–H groups in total. The second kappa shape index (κ2) is 9.22. The van der Waals surface area contributed by atoms with E-state index in [1.54, 1.807) is 10.9 Å². The highest BCUT2D eigenvalue weighted by atomic mass is 16.2. The third kappa shape index (κ3) is 5.03. The van der Waals surface area contributed by atoms with E-state index < -0.39 is 0 Å². The Kier molecular flexibility index (Phi) is 6.24. The van der Waals surface area contributed by atoms with Crippen molar-refractivity contribution in [3.05, 3.63) is 53.9 Å². The molecule has 3 heterocycles. The van der Waals surface area contributed by atoms with Gasteiger partial charge in [-0.1, -0.05) is 30.3 Å². The maximum Gasteiger partial charge on any atom is 0.257 e. The fourth-order valence-corrected chi connectivity index (χ4v) is 4.06. The lowest BCUT2D eigenvalue weighted by atomic mass is 10.1. The zero-order chi connectivity index (χ0) is 20.1. The molecule has 7 nitrogen and oxygen atoms in total. The van der Waals surface area contributed by atoms with E-state index >= 15 is 0 Å². The fraction of sp³-hybridized carbons (Fsp3) is 0.500. The van der Waals surface area contributed by atoms with Crippen molar-refractivity contribution in [1.29, 1.82) is 0 Å². The molecule has 0 atom stereocenters. The van der Waals surface area contributed by atoms with Crippen LogP contribution in [0.25, 0.3) is 0 Å². The summed E-state index contributed by atoms with van der Waals surface area (Å²) in [5.74, 6) is 0.248. The summed E-state index contributed by atoms with van der Waals surface area (Å²) in [6.45, 7) is 5.69. The first-order chi connectivity index (χ1) is 14.2. The molecular weight excluding hydrogens is 366 g/mol. The molecule has 1 aromatic carbocycles. The zero-order valence-electron chi connectivity index (χ0n) is 16.9. The van der Waals surface area contributed by atoms with Crippen molar-refractivity contribution < 1.29 is 9.59 Å². The normalized spacial score (nSPS) is 18.1. The Morgan fingerprint density at radius 2 is 1.59 bits per heavy atom. The minimum atomic E-state index is 0.0197. The molecule has 2 fully saturated rings. The highest BCUT2D eigenvalue weighted by Gasteiger charge is 2.26. The molecule has 7 heteroatoms. The molecule has 2 aliphatic rings. The second-order valence-corrected chi connectivity index (χ2v) is 7.92. The maximum absolute atomic E-state index is 12.8. The van der Waals surface area contributed by atoms with E-state index in [-0.39, 0.29) is 11.8 Å². The largest absolute Gasteiger partial charge is 0.342 e. The van der Waals surface area contributed by atoms with E-state index in [4.69, 9.17) is 0 Å². The number of amides is 2. The SMILES string of the molecule is O=C(CN1CCN(C(=O)c2cnn(Cc3ccccc3)c2)CC1)N1CCCCC1. The first-order valence-electron chi connectivity index (χ1n) is 10.5. The summed E-state index contributed by atoms with van der Waals surface area (Å²) in [6, 6.07) is 10.1. The van der Waals surface area contributed by atoms with E-state index in [0.29, 0.717) is 31.7 Å². The topological polar surface area (TPSA) is 61.7 Å². The average Bonchev–Trinajstić information content (AvgIpc) is 3.23. The van der Waals surface area contributed by atoms with Crippen LogP contribution in [-0.4, -0.2) is 82.1 Å². The minimum Gasteiger partial charge on any atom is -0.342 e. The maximum atomic E-state index is 12.8. The monoisotopic (exact) mass is 395 g/mol. The first kappa shape index (κ1) is 19.6. The van der Waals surface area contributed by atoms with Gasteiger partial charge < -0.3 is 9.80 Å². The molecule has 0 radical (unpaired) electrons. The van der Waals surface area contributed by atoms with Gasteiger partial charge in [-0.3, -0.25) is 19.2 Å². The van der Waals surface area contributed by atoms with Gasteiger partial charge in [0, 0.05) is 45.5 Å². The van der Waals surface area contributed by atoms with Gasteiger partial charge in [0.2, 0.25) is 5.91 Å². The van der Waals surface area contributed by atoms with Crippen LogP contribution < -0.4 is 0 Å². The predicted octanol–water partition coefficient (Wildman–Crippen LogP) is 1.70. The Morgan fingerprint density at radius 3 is 2.31 bits per heavy atom. The lowest BCUT2D eigenvalue weighted by molar-refractivity contribution is -0.133. The van der Waals surface area contributed by atoms with Crippen LogP contribution >= 0.6 is 0 Å². The molecule has 4 rings (SSSR count). The van der Waals surface area contributed by atoms with Crippen LogP contribution in [0.2, 0.25) is 0 Å². The van der Waals surface area contributed by atoms with Gasteiger partial charge in [0.05, 0.1) is 24.8 Å². The van der Waals surface area contributed by atoms with Gasteiger partial charge in [-0.15, -0.1) is 0 Å². The smallest absolute Gasteiger partial charge is 0.257 e. The fourth-order valence-electron chi connectivity index (χ4n) is 4.06. The Hall–Kier alpha value is -2.67. The van der Waals surface area contributed by atoms with Gasteiger partial charge in [-0.05, 0) is 24.8 Å². The molecule has 154 valence electrons. The summed E-state index contributed by atoms with van der Waals surface area (Å²) in [5.41, 5.74) is 1.78. The van der Waals surface area contributed by atoms with Crippen LogP contribution in [0.3, 0.4) is 0 Å². The Bertz CT molecular complexity index is 821. The Morgan fingerprint density at radius 1 is 0.862 bits per heavy atom. The summed E-state index contributed by atoms with van der Waals surface area (Å²) < 4.78 is 1.80. The van der Waals surface area contributed by atoms with E-state index in [2.05, 4.69) is 10.00 Å². The molecule has 29 heavy (non-hydrogen) atoms. The van der Waals surface area contributed by atoms with Crippen molar-refractivity contribution in [1.82, 2.24) is 24.5 Å². The van der Waals surface area contributed by atoms with Crippen molar-refractivity contribution in [2.24, 2.45) is 0 Å². The molecule has 0 aliphatic carbocycles. The molecule has 0 spiro atoms. The average molecular weight is 396 g/mol. The number of aromatic nitrogens is 2. The highest BCUT2D eigenvalue weighted by molar-refractivity contribution is 5.93. The number of likely N-dealkylation sites (tertiary alicyclic amines) is 1. The van der Waals surface area contributed by atoms with Crippen molar-refractivity contribution in [3.63, 3.8) is 0 Å². The Balaban J connectivity index is 1.26. The first-order valence-corrected chi connectivity index (χ1v) is 10.5. The lowest BCUT2D eigenvalue weighted by Crippen LogP contribution is -2.52. The number of hydrogen-bond acceptors (Lipinski definition) is 4. The van der Waals surface area contributed by atoms with Gasteiger partial charge in [-0.25, -0.2) is 0 Å². The van der Waals surface area contributed by atoms with Gasteiger partial charge in [0.1, 0.15) is 0 Å². The summed E-state index contributed by atoms with van der Waals surface area (Å²) in [7, 11) is 0. The van der Waals surface area contributed by atoms with Crippen LogP contribution in [0.15, 0.2) is 42.7 Å². The number of rotatable bonds is 5. The molecule has 1 aromatic heterocycles. The zero-order valence-corrected chi connectivity index (χ0v) is 16.9. The number of carbonyl (C=O) groups is 2. The van der Waals surface area contributed by atoms with Crippen molar-refractivity contribution >= 4 is 11.8 Å². The lowest BCUT2D eigenvalue weighted by Gasteiger charge is -2.36. The van der Waals surface area contributed by atoms with Gasteiger partial charge in [0.15, 0.2) is 0 Å². The third-order valence-electron chi connectivity index (χ3n) is 5.79. The number of piperazine rings is 1. The van der Waals surface area contributed by atoms with Crippen molar-refractivity contribution in [3.8, 4) is 0 Å². The van der Waals surface area contributed by atoms with E-state index in [0.717, 1.165) is 44.6 Å². The van der Waals surface area contributed by atoms with Gasteiger partial charge in [0.25, 0.3) is 5.91 Å². The van der Waals surface area contributed by atoms with E-state index in [1.807, 2.05) is 46.3 Å². The standard InChI is InChI=1S/C22H29N5O2/c28-21(25-9-5-2-6-10-25)18-24-11-13-26(14-12-24)22(29)20-15-23-27(17-20)16-19-7-3-1-4-8-19/h1,3-4,7-8,15,17H,2,5-6,9-14,16,18H2. The van der Waals surface area contributed by atoms with Crippen LogP contribution in [0.1, 0.15) is 35.2 Å². The third-order valence-corrected chi connectivity index (χ3v) is 5.79. The summed E-state index contributed by atoms with van der Waals surface area (Å²) in [4.78, 5) is 31.3. The van der Waals surface area contributed by atoms with Crippen molar-refractivity contribution in [2.45, 2.75) is 25.8 Å². The molecule has 0 unspecified atom stereocenters. The van der Waals surface area contributed by atoms with Crippen LogP contribution in [0.4, 0.5) is 0 Å². The Labute approximate surface area is 171 Å². The van der Waals surface area contributed by atoms with Gasteiger partial charge >= 0.3 is 0 Å². The number of piperidine rings is 1. The number of carbonyl (C=O) groups excluding carboxylic acids is 2. The van der Waals surface area contributed by atoms with Crippen molar-refractivity contribution in [2.75, 3.05) is 45.8 Å². The highest BCUT2D eigenvalue weighted by Crippen LogP contribution is 2.12. The molecule has 2 saturated heterocycles. The number of benzene rings is 1. The molecule has 2 amide bonds. The number of hydrogen-bond donors (Lipinski definition) is 0.